The van der Waals surface area contributed by atoms with Gasteiger partial charge in [-0.2, -0.15) is 0 Å². The van der Waals surface area contributed by atoms with Gasteiger partial charge in [0.2, 0.25) is 0 Å². The Hall–Kier alpha value is -1.67. The van der Waals surface area contributed by atoms with Gasteiger partial charge in [-0.05, 0) is 17.8 Å². The Morgan fingerprint density at radius 2 is 1.87 bits per heavy atom. The molecule has 0 saturated heterocycles. The lowest BCUT2D eigenvalue weighted by molar-refractivity contribution is 0.0995. The molecule has 0 bridgehead atoms. The molecule has 2 nitrogen and oxygen atoms in total. The van der Waals surface area contributed by atoms with Crippen molar-refractivity contribution in [3.05, 3.63) is 48.0 Å². The van der Waals surface area contributed by atoms with Crippen molar-refractivity contribution in [3.63, 3.8) is 0 Å². The smallest absolute Gasteiger partial charge is 0.177 e. The lowest BCUT2D eigenvalue weighted by Gasteiger charge is -2.04. The normalized spacial score (nSPS) is 10.5. The summed E-state index contributed by atoms with van der Waals surface area (Å²) in [7, 11) is 1.78. The van der Waals surface area contributed by atoms with Crippen LogP contribution in [0.1, 0.15) is 10.4 Å². The van der Waals surface area contributed by atoms with Crippen LogP contribution >= 0.6 is 0 Å². The van der Waals surface area contributed by atoms with Crippen molar-refractivity contribution < 1.29 is 4.79 Å². The monoisotopic (exact) mass is 199 g/mol. The van der Waals surface area contributed by atoms with Crippen LogP contribution in [0.15, 0.2) is 42.5 Å². The van der Waals surface area contributed by atoms with Crippen LogP contribution in [-0.4, -0.2) is 19.4 Å². The van der Waals surface area contributed by atoms with E-state index < -0.39 is 0 Å². The SMILES string of the molecule is CNCC(=O)c1cccc2ccccc12. The van der Waals surface area contributed by atoms with E-state index in [4.69, 9.17) is 0 Å². The number of carbonyl (C=O) groups is 1. The van der Waals surface area contributed by atoms with E-state index >= 15 is 0 Å². The quantitative estimate of drug-likeness (QED) is 0.768. The lowest BCUT2D eigenvalue weighted by atomic mass is 10.0. The number of hydrogen-bond acceptors (Lipinski definition) is 2. The number of hydrogen-bond donors (Lipinski definition) is 1. The van der Waals surface area contributed by atoms with Crippen molar-refractivity contribution in [2.45, 2.75) is 0 Å². The number of ketones is 1. The first-order valence-electron chi connectivity index (χ1n) is 4.98. The summed E-state index contributed by atoms with van der Waals surface area (Å²) < 4.78 is 0. The molecular formula is C13H13NO. The molecule has 0 heterocycles. The number of Topliss-reactive ketones (excluding diaryl/α,β-unsaturated/α-hetero) is 1. The van der Waals surface area contributed by atoms with Crippen LogP contribution in [0.2, 0.25) is 0 Å². The molecule has 2 aromatic rings. The molecule has 0 aliphatic carbocycles. The summed E-state index contributed by atoms with van der Waals surface area (Å²) in [5.41, 5.74) is 0.794. The number of likely N-dealkylation sites (N-methyl/N-ethyl adjacent to an activating group) is 1. The molecule has 2 aromatic carbocycles. The Morgan fingerprint density at radius 3 is 2.67 bits per heavy atom. The van der Waals surface area contributed by atoms with Gasteiger partial charge in [0.05, 0.1) is 6.54 Å². The standard InChI is InChI=1S/C13H13NO/c1-14-9-13(15)12-8-4-6-10-5-2-3-7-11(10)12/h2-8,14H,9H2,1H3. The maximum atomic E-state index is 11.8. The second-order valence-electron chi connectivity index (χ2n) is 3.48. The Morgan fingerprint density at radius 1 is 1.13 bits per heavy atom. The third-order valence-electron chi connectivity index (χ3n) is 2.43. The molecule has 15 heavy (non-hydrogen) atoms. The molecule has 0 aliphatic rings. The highest BCUT2D eigenvalue weighted by Gasteiger charge is 2.07. The minimum Gasteiger partial charge on any atom is -0.313 e. The fourth-order valence-corrected chi connectivity index (χ4v) is 1.72. The van der Waals surface area contributed by atoms with E-state index in [0.717, 1.165) is 16.3 Å². The summed E-state index contributed by atoms with van der Waals surface area (Å²) >= 11 is 0. The lowest BCUT2D eigenvalue weighted by Crippen LogP contribution is -2.18. The van der Waals surface area contributed by atoms with Gasteiger partial charge in [0, 0.05) is 5.56 Å². The highest BCUT2D eigenvalue weighted by Crippen LogP contribution is 2.18. The second kappa shape index (κ2) is 4.24. The molecule has 0 atom stereocenters. The number of fused-ring (bicyclic) bond motifs is 1. The van der Waals surface area contributed by atoms with E-state index in [2.05, 4.69) is 5.32 Å². The van der Waals surface area contributed by atoms with E-state index in [9.17, 15) is 4.79 Å². The van der Waals surface area contributed by atoms with Gasteiger partial charge in [0.25, 0.3) is 0 Å². The summed E-state index contributed by atoms with van der Waals surface area (Å²) in [5.74, 6) is 0.134. The first kappa shape index (κ1) is 9.87. The van der Waals surface area contributed by atoms with Gasteiger partial charge in [-0.25, -0.2) is 0 Å². The summed E-state index contributed by atoms with van der Waals surface area (Å²) in [6, 6.07) is 13.8. The molecule has 0 fully saturated rings. The molecule has 76 valence electrons. The van der Waals surface area contributed by atoms with E-state index in [1.165, 1.54) is 0 Å². The highest BCUT2D eigenvalue weighted by atomic mass is 16.1. The van der Waals surface area contributed by atoms with Crippen LogP contribution in [0.25, 0.3) is 10.8 Å². The molecular weight excluding hydrogens is 186 g/mol. The van der Waals surface area contributed by atoms with Gasteiger partial charge in [-0.1, -0.05) is 42.5 Å². The summed E-state index contributed by atoms with van der Waals surface area (Å²) in [6.45, 7) is 0.383. The molecule has 0 unspecified atom stereocenters. The fraction of sp³-hybridized carbons (Fsp3) is 0.154. The first-order valence-corrected chi connectivity index (χ1v) is 4.98. The Labute approximate surface area is 88.9 Å². The second-order valence-corrected chi connectivity index (χ2v) is 3.48. The minimum absolute atomic E-state index is 0.134. The molecule has 1 N–H and O–H groups in total. The van der Waals surface area contributed by atoms with Gasteiger partial charge in [-0.3, -0.25) is 4.79 Å². The zero-order chi connectivity index (χ0) is 10.7. The van der Waals surface area contributed by atoms with Gasteiger partial charge in [0.1, 0.15) is 0 Å². The predicted octanol–water partition coefficient (Wildman–Crippen LogP) is 2.24. The average Bonchev–Trinajstić information content (AvgIpc) is 2.28. The molecule has 0 aromatic heterocycles. The molecule has 0 aliphatic heterocycles. The molecule has 0 spiro atoms. The van der Waals surface area contributed by atoms with Gasteiger partial charge >= 0.3 is 0 Å². The average molecular weight is 199 g/mol. The van der Waals surface area contributed by atoms with Crippen molar-refractivity contribution >= 4 is 16.6 Å². The van der Waals surface area contributed by atoms with Gasteiger partial charge in [-0.15, -0.1) is 0 Å². The maximum absolute atomic E-state index is 11.8. The van der Waals surface area contributed by atoms with Crippen LogP contribution in [0.4, 0.5) is 0 Å². The van der Waals surface area contributed by atoms with Crippen molar-refractivity contribution in [1.29, 1.82) is 0 Å². The molecule has 2 rings (SSSR count). The predicted molar refractivity (Wildman–Crippen MR) is 62.2 cm³/mol. The maximum Gasteiger partial charge on any atom is 0.177 e. The van der Waals surface area contributed by atoms with Gasteiger partial charge in [0.15, 0.2) is 5.78 Å². The minimum atomic E-state index is 0.134. The van der Waals surface area contributed by atoms with Crippen molar-refractivity contribution in [3.8, 4) is 0 Å². The van der Waals surface area contributed by atoms with Crippen molar-refractivity contribution in [1.82, 2.24) is 5.32 Å². The Bertz CT molecular complexity index is 485. The third-order valence-corrected chi connectivity index (χ3v) is 2.43. The van der Waals surface area contributed by atoms with Crippen LogP contribution in [0, 0.1) is 0 Å². The fourth-order valence-electron chi connectivity index (χ4n) is 1.72. The zero-order valence-corrected chi connectivity index (χ0v) is 8.66. The van der Waals surface area contributed by atoms with E-state index in [1.807, 2.05) is 42.5 Å². The van der Waals surface area contributed by atoms with E-state index in [0.29, 0.717) is 6.54 Å². The van der Waals surface area contributed by atoms with Crippen LogP contribution in [0.3, 0.4) is 0 Å². The Balaban J connectivity index is 2.56. The van der Waals surface area contributed by atoms with Crippen molar-refractivity contribution in [2.75, 3.05) is 13.6 Å². The first-order chi connectivity index (χ1) is 7.33. The molecule has 0 radical (unpaired) electrons. The van der Waals surface area contributed by atoms with Crippen LogP contribution in [0.5, 0.6) is 0 Å². The van der Waals surface area contributed by atoms with E-state index in [-0.39, 0.29) is 5.78 Å². The summed E-state index contributed by atoms with van der Waals surface area (Å²) in [5, 5.41) is 5.02. The van der Waals surface area contributed by atoms with Crippen LogP contribution in [-0.2, 0) is 0 Å². The van der Waals surface area contributed by atoms with Crippen LogP contribution < -0.4 is 5.32 Å². The number of rotatable bonds is 3. The zero-order valence-electron chi connectivity index (χ0n) is 8.66. The Kier molecular flexibility index (Phi) is 2.79. The summed E-state index contributed by atoms with van der Waals surface area (Å²) in [6.07, 6.45) is 0. The largest absolute Gasteiger partial charge is 0.313 e. The third kappa shape index (κ3) is 1.90. The van der Waals surface area contributed by atoms with E-state index in [1.54, 1.807) is 7.05 Å². The summed E-state index contributed by atoms with van der Waals surface area (Å²) in [4.78, 5) is 11.8. The molecule has 0 saturated carbocycles. The molecule has 2 heteroatoms. The van der Waals surface area contributed by atoms with Crippen molar-refractivity contribution in [2.24, 2.45) is 0 Å². The number of carbonyl (C=O) groups excluding carboxylic acids is 1. The highest BCUT2D eigenvalue weighted by molar-refractivity contribution is 6.08. The number of nitrogens with one attached hydrogen (secondary N) is 1. The molecule has 0 amide bonds. The topological polar surface area (TPSA) is 29.1 Å². The van der Waals surface area contributed by atoms with Gasteiger partial charge < -0.3 is 5.32 Å². The number of benzene rings is 2.